The van der Waals surface area contributed by atoms with E-state index < -0.39 is 0 Å². The van der Waals surface area contributed by atoms with Crippen molar-refractivity contribution in [3.05, 3.63) is 42.7 Å². The van der Waals surface area contributed by atoms with Crippen LogP contribution in [0.25, 0.3) is 11.3 Å². The van der Waals surface area contributed by atoms with Crippen LogP contribution >= 0.6 is 0 Å². The van der Waals surface area contributed by atoms with Crippen LogP contribution in [0.5, 0.6) is 0 Å². The minimum atomic E-state index is 0.554. The van der Waals surface area contributed by atoms with Gasteiger partial charge in [-0.05, 0) is 6.92 Å². The molecule has 2 aliphatic rings. The molecule has 0 spiro atoms. The fourth-order valence-electron chi connectivity index (χ4n) is 3.70. The molecule has 0 amide bonds. The molecule has 1 unspecified atom stereocenters. The highest BCUT2D eigenvalue weighted by Gasteiger charge is 2.24. The molecule has 6 nitrogen and oxygen atoms in total. The fraction of sp³-hybridized carbons (Fsp3) is 0.450. The molecule has 0 N–H and O–H groups in total. The first-order valence-electron chi connectivity index (χ1n) is 9.46. The Morgan fingerprint density at radius 1 is 1.00 bits per heavy atom. The lowest BCUT2D eigenvalue weighted by Crippen LogP contribution is -2.48. The Hall–Kier alpha value is -2.47. The van der Waals surface area contributed by atoms with Crippen molar-refractivity contribution in [2.45, 2.75) is 6.92 Å². The van der Waals surface area contributed by atoms with Gasteiger partial charge in [-0.1, -0.05) is 30.3 Å². The summed E-state index contributed by atoms with van der Waals surface area (Å²) >= 11 is 0. The number of hydrogen-bond donors (Lipinski definition) is 0. The van der Waals surface area contributed by atoms with E-state index in [1.54, 1.807) is 12.4 Å². The monoisotopic (exact) mass is 350 g/mol. The second-order valence-electron chi connectivity index (χ2n) is 6.91. The third-order valence-electron chi connectivity index (χ3n) is 5.14. The zero-order valence-electron chi connectivity index (χ0n) is 15.3. The molecular weight excluding hydrogens is 324 g/mol. The van der Waals surface area contributed by atoms with E-state index in [0.29, 0.717) is 5.92 Å². The standard InChI is InChI=1S/C20H26N6/c1-2-26-16-17(14-23-26)15-24-10-12-25(13-11-24)20-19(21-8-9-22-20)18-6-4-3-5-7-18/h3-9,14,17H,2,10-13,15-16H2,1H3. The molecule has 0 radical (unpaired) electrons. The average Bonchev–Trinajstić information content (AvgIpc) is 3.17. The molecule has 2 aromatic rings. The van der Waals surface area contributed by atoms with Gasteiger partial charge in [-0.25, -0.2) is 4.98 Å². The molecule has 1 atom stereocenters. The van der Waals surface area contributed by atoms with Crippen LogP contribution in [0, 0.1) is 5.92 Å². The molecule has 4 rings (SSSR count). The van der Waals surface area contributed by atoms with Crippen molar-refractivity contribution in [2.75, 3.05) is 50.7 Å². The first kappa shape index (κ1) is 17.0. The molecule has 1 aromatic carbocycles. The highest BCUT2D eigenvalue weighted by atomic mass is 15.5. The second-order valence-corrected chi connectivity index (χ2v) is 6.91. The molecule has 1 fully saturated rings. The number of nitrogens with zero attached hydrogens (tertiary/aromatic N) is 6. The van der Waals surface area contributed by atoms with Gasteiger partial charge in [0, 0.05) is 75.9 Å². The van der Waals surface area contributed by atoms with Gasteiger partial charge in [-0.15, -0.1) is 0 Å². The minimum Gasteiger partial charge on any atom is -0.352 e. The Morgan fingerprint density at radius 2 is 1.77 bits per heavy atom. The summed E-state index contributed by atoms with van der Waals surface area (Å²) in [5.41, 5.74) is 2.10. The van der Waals surface area contributed by atoms with Gasteiger partial charge in [-0.3, -0.25) is 14.9 Å². The molecule has 0 saturated carbocycles. The predicted octanol–water partition coefficient (Wildman–Crippen LogP) is 2.20. The van der Waals surface area contributed by atoms with Crippen molar-refractivity contribution in [2.24, 2.45) is 11.0 Å². The maximum Gasteiger partial charge on any atom is 0.155 e. The Morgan fingerprint density at radius 3 is 2.50 bits per heavy atom. The van der Waals surface area contributed by atoms with E-state index in [0.717, 1.165) is 62.9 Å². The number of piperazine rings is 1. The summed E-state index contributed by atoms with van der Waals surface area (Å²) in [6, 6.07) is 10.3. The van der Waals surface area contributed by atoms with Crippen molar-refractivity contribution in [3.63, 3.8) is 0 Å². The van der Waals surface area contributed by atoms with Crippen molar-refractivity contribution >= 4 is 12.0 Å². The summed E-state index contributed by atoms with van der Waals surface area (Å²) in [5, 5.41) is 6.61. The van der Waals surface area contributed by atoms with Crippen molar-refractivity contribution in [3.8, 4) is 11.3 Å². The van der Waals surface area contributed by atoms with Crippen LogP contribution in [0.15, 0.2) is 47.8 Å². The number of rotatable bonds is 5. The lowest BCUT2D eigenvalue weighted by molar-refractivity contribution is 0.220. The zero-order chi connectivity index (χ0) is 17.8. The van der Waals surface area contributed by atoms with E-state index in [-0.39, 0.29) is 0 Å². The lowest BCUT2D eigenvalue weighted by Gasteiger charge is -2.36. The quantitative estimate of drug-likeness (QED) is 0.827. The fourth-order valence-corrected chi connectivity index (χ4v) is 3.70. The number of anilines is 1. The topological polar surface area (TPSA) is 47.9 Å². The highest BCUT2D eigenvalue weighted by molar-refractivity contribution is 5.72. The molecule has 0 bridgehead atoms. The summed E-state index contributed by atoms with van der Waals surface area (Å²) in [6.45, 7) is 9.39. The number of hydrazone groups is 1. The highest BCUT2D eigenvalue weighted by Crippen LogP contribution is 2.27. The van der Waals surface area contributed by atoms with E-state index in [1.807, 2.05) is 6.07 Å². The van der Waals surface area contributed by atoms with Gasteiger partial charge in [0.05, 0.1) is 0 Å². The smallest absolute Gasteiger partial charge is 0.155 e. The maximum atomic E-state index is 4.65. The van der Waals surface area contributed by atoms with E-state index in [1.165, 1.54) is 0 Å². The molecule has 2 aliphatic heterocycles. The maximum absolute atomic E-state index is 4.65. The Bertz CT molecular complexity index is 739. The number of benzene rings is 1. The minimum absolute atomic E-state index is 0.554. The van der Waals surface area contributed by atoms with Crippen LogP contribution in [0.3, 0.4) is 0 Å². The SMILES string of the molecule is CCN1CC(CN2CCN(c3nccnc3-c3ccccc3)CC2)C=N1. The average molecular weight is 350 g/mol. The van der Waals surface area contributed by atoms with E-state index >= 15 is 0 Å². The summed E-state index contributed by atoms with van der Waals surface area (Å²) in [6.07, 6.45) is 5.69. The third kappa shape index (κ3) is 3.70. The molecule has 1 saturated heterocycles. The summed E-state index contributed by atoms with van der Waals surface area (Å²) in [5.74, 6) is 1.55. The van der Waals surface area contributed by atoms with Crippen LogP contribution in [0.1, 0.15) is 6.92 Å². The molecule has 3 heterocycles. The third-order valence-corrected chi connectivity index (χ3v) is 5.14. The number of hydrogen-bond acceptors (Lipinski definition) is 6. The van der Waals surface area contributed by atoms with Crippen LogP contribution < -0.4 is 4.90 Å². The Labute approximate surface area is 155 Å². The van der Waals surface area contributed by atoms with Crippen LogP contribution in [-0.4, -0.2) is 71.9 Å². The molecule has 26 heavy (non-hydrogen) atoms. The second kappa shape index (κ2) is 7.83. The summed E-state index contributed by atoms with van der Waals surface area (Å²) < 4.78 is 0. The lowest BCUT2D eigenvalue weighted by atomic mass is 10.1. The van der Waals surface area contributed by atoms with Gasteiger partial charge in [0.2, 0.25) is 0 Å². The largest absolute Gasteiger partial charge is 0.352 e. The molecular formula is C20H26N6. The van der Waals surface area contributed by atoms with E-state index in [2.05, 4.69) is 67.3 Å². The molecule has 1 aromatic heterocycles. The van der Waals surface area contributed by atoms with Gasteiger partial charge >= 0.3 is 0 Å². The predicted molar refractivity (Wildman–Crippen MR) is 105 cm³/mol. The van der Waals surface area contributed by atoms with Gasteiger partial charge in [0.25, 0.3) is 0 Å². The van der Waals surface area contributed by atoms with Gasteiger partial charge in [0.15, 0.2) is 5.82 Å². The first-order chi connectivity index (χ1) is 12.8. The molecule has 6 heteroatoms. The van der Waals surface area contributed by atoms with Crippen molar-refractivity contribution < 1.29 is 0 Å². The zero-order valence-corrected chi connectivity index (χ0v) is 15.3. The molecule has 0 aliphatic carbocycles. The van der Waals surface area contributed by atoms with Crippen LogP contribution in [0.2, 0.25) is 0 Å². The summed E-state index contributed by atoms with van der Waals surface area (Å²) in [4.78, 5) is 14.2. The Kier molecular flexibility index (Phi) is 5.11. The van der Waals surface area contributed by atoms with Gasteiger partial charge in [0.1, 0.15) is 5.69 Å². The normalized spacial score (nSPS) is 20.7. The van der Waals surface area contributed by atoms with Crippen LogP contribution in [0.4, 0.5) is 5.82 Å². The Balaban J connectivity index is 1.39. The van der Waals surface area contributed by atoms with Gasteiger partial charge in [-0.2, -0.15) is 5.10 Å². The molecule has 136 valence electrons. The van der Waals surface area contributed by atoms with Crippen molar-refractivity contribution in [1.29, 1.82) is 0 Å². The first-order valence-corrected chi connectivity index (χ1v) is 9.46. The number of aromatic nitrogens is 2. The van der Waals surface area contributed by atoms with Crippen molar-refractivity contribution in [1.82, 2.24) is 19.9 Å². The van der Waals surface area contributed by atoms with Gasteiger partial charge < -0.3 is 4.90 Å². The van der Waals surface area contributed by atoms with E-state index in [9.17, 15) is 0 Å². The summed E-state index contributed by atoms with van der Waals surface area (Å²) in [7, 11) is 0. The van der Waals surface area contributed by atoms with E-state index in [4.69, 9.17) is 0 Å². The van der Waals surface area contributed by atoms with Crippen LogP contribution in [-0.2, 0) is 0 Å².